The monoisotopic (exact) mass is 264 g/mol. The maximum absolute atomic E-state index is 11.5. The summed E-state index contributed by atoms with van der Waals surface area (Å²) in [5.41, 5.74) is 7.49. The van der Waals surface area contributed by atoms with Gasteiger partial charge in [0, 0.05) is 6.54 Å². The third kappa shape index (κ3) is 5.09. The van der Waals surface area contributed by atoms with E-state index in [9.17, 15) is 9.59 Å². The second-order valence-corrected chi connectivity index (χ2v) is 4.82. The van der Waals surface area contributed by atoms with E-state index in [2.05, 4.69) is 19.2 Å². The second-order valence-electron chi connectivity index (χ2n) is 4.82. The van der Waals surface area contributed by atoms with Crippen LogP contribution < -0.4 is 11.1 Å². The lowest BCUT2D eigenvalue weighted by molar-refractivity contribution is -0.140. The minimum atomic E-state index is -1.17. The number of benzene rings is 1. The van der Waals surface area contributed by atoms with Gasteiger partial charge in [0.05, 0.1) is 6.42 Å². The molecule has 0 aromatic heterocycles. The number of nitrogens with two attached hydrogens (primary N) is 1. The number of hydrogen-bond donors (Lipinski definition) is 3. The van der Waals surface area contributed by atoms with Gasteiger partial charge >= 0.3 is 5.97 Å². The summed E-state index contributed by atoms with van der Waals surface area (Å²) in [7, 11) is 0. The largest absolute Gasteiger partial charge is 0.480 e. The van der Waals surface area contributed by atoms with Crippen molar-refractivity contribution in [3.8, 4) is 0 Å². The molecule has 0 saturated heterocycles. The minimum Gasteiger partial charge on any atom is -0.480 e. The lowest BCUT2D eigenvalue weighted by Gasteiger charge is -2.09. The van der Waals surface area contributed by atoms with Crippen LogP contribution in [0, 0.1) is 0 Å². The zero-order chi connectivity index (χ0) is 14.4. The Hall–Kier alpha value is -1.88. The SMILES string of the molecule is CC(C)c1ccc(CNC(=O)CC(N)C(=O)O)cc1. The first-order valence-electron chi connectivity index (χ1n) is 6.24. The molecule has 1 unspecified atom stereocenters. The predicted octanol–water partition coefficient (Wildman–Crippen LogP) is 1.23. The predicted molar refractivity (Wildman–Crippen MR) is 72.6 cm³/mol. The molecule has 0 bridgehead atoms. The van der Waals surface area contributed by atoms with Gasteiger partial charge in [-0.15, -0.1) is 0 Å². The number of carboxylic acids is 1. The molecule has 0 aliphatic rings. The zero-order valence-electron chi connectivity index (χ0n) is 11.2. The Bertz CT molecular complexity index is 441. The number of rotatable bonds is 6. The van der Waals surface area contributed by atoms with Crippen molar-refractivity contribution in [2.75, 3.05) is 0 Å². The quantitative estimate of drug-likeness (QED) is 0.720. The fourth-order valence-electron chi connectivity index (χ4n) is 1.58. The van der Waals surface area contributed by atoms with E-state index in [4.69, 9.17) is 10.8 Å². The Kier molecular flexibility index (Phi) is 5.51. The number of aliphatic carboxylic acids is 1. The molecule has 4 N–H and O–H groups in total. The summed E-state index contributed by atoms with van der Waals surface area (Å²) in [4.78, 5) is 22.0. The lowest BCUT2D eigenvalue weighted by Crippen LogP contribution is -2.36. The molecule has 1 aromatic carbocycles. The Morgan fingerprint density at radius 2 is 1.84 bits per heavy atom. The molecule has 5 nitrogen and oxygen atoms in total. The molecule has 0 saturated carbocycles. The number of carbonyl (C=O) groups is 2. The molecule has 104 valence electrons. The first kappa shape index (κ1) is 15.2. The van der Waals surface area contributed by atoms with Crippen molar-refractivity contribution in [3.05, 3.63) is 35.4 Å². The molecule has 5 heteroatoms. The van der Waals surface area contributed by atoms with Gasteiger partial charge in [-0.25, -0.2) is 0 Å². The van der Waals surface area contributed by atoms with Crippen LogP contribution in [-0.4, -0.2) is 23.0 Å². The van der Waals surface area contributed by atoms with Gasteiger partial charge in [-0.05, 0) is 17.0 Å². The summed E-state index contributed by atoms with van der Waals surface area (Å²) >= 11 is 0. The van der Waals surface area contributed by atoms with E-state index in [0.29, 0.717) is 12.5 Å². The third-order valence-corrected chi connectivity index (χ3v) is 2.86. The van der Waals surface area contributed by atoms with Crippen LogP contribution in [0.5, 0.6) is 0 Å². The van der Waals surface area contributed by atoms with Gasteiger partial charge in [0.25, 0.3) is 0 Å². The van der Waals surface area contributed by atoms with E-state index >= 15 is 0 Å². The maximum atomic E-state index is 11.5. The van der Waals surface area contributed by atoms with E-state index in [1.54, 1.807) is 0 Å². The molecule has 1 aromatic rings. The van der Waals surface area contributed by atoms with Crippen LogP contribution in [0.25, 0.3) is 0 Å². The Balaban J connectivity index is 2.44. The molecule has 0 aliphatic carbocycles. The van der Waals surface area contributed by atoms with Crippen molar-refractivity contribution >= 4 is 11.9 Å². The van der Waals surface area contributed by atoms with Gasteiger partial charge in [-0.1, -0.05) is 38.1 Å². The fourth-order valence-corrected chi connectivity index (χ4v) is 1.58. The molecule has 0 heterocycles. The first-order valence-corrected chi connectivity index (χ1v) is 6.24. The van der Waals surface area contributed by atoms with Crippen LogP contribution in [0.2, 0.25) is 0 Å². The van der Waals surface area contributed by atoms with Gasteiger partial charge in [-0.3, -0.25) is 9.59 Å². The average molecular weight is 264 g/mol. The summed E-state index contributed by atoms with van der Waals surface area (Å²) in [5, 5.41) is 11.2. The highest BCUT2D eigenvalue weighted by atomic mass is 16.4. The molecule has 1 atom stereocenters. The standard InChI is InChI=1S/C14H20N2O3/c1-9(2)11-5-3-10(4-6-11)8-16-13(17)7-12(15)14(18)19/h3-6,9,12H,7-8,15H2,1-2H3,(H,16,17)(H,18,19). The molecule has 0 radical (unpaired) electrons. The van der Waals surface area contributed by atoms with Gasteiger partial charge in [0.15, 0.2) is 0 Å². The van der Waals surface area contributed by atoms with E-state index in [1.165, 1.54) is 5.56 Å². The highest BCUT2D eigenvalue weighted by Crippen LogP contribution is 2.14. The van der Waals surface area contributed by atoms with E-state index in [0.717, 1.165) is 5.56 Å². The third-order valence-electron chi connectivity index (χ3n) is 2.86. The molecule has 0 fully saturated rings. The molecule has 1 rings (SSSR count). The van der Waals surface area contributed by atoms with Crippen molar-refractivity contribution in [1.29, 1.82) is 0 Å². The highest BCUT2D eigenvalue weighted by Gasteiger charge is 2.15. The molecular weight excluding hydrogens is 244 g/mol. The second kappa shape index (κ2) is 6.89. The van der Waals surface area contributed by atoms with Crippen LogP contribution in [0.1, 0.15) is 37.3 Å². The summed E-state index contributed by atoms with van der Waals surface area (Å²) in [6.45, 7) is 4.61. The van der Waals surface area contributed by atoms with Gasteiger partial charge < -0.3 is 16.2 Å². The fraction of sp³-hybridized carbons (Fsp3) is 0.429. The molecule has 1 amide bonds. The topological polar surface area (TPSA) is 92.4 Å². The van der Waals surface area contributed by atoms with Crippen molar-refractivity contribution in [3.63, 3.8) is 0 Å². The molecule has 0 aliphatic heterocycles. The lowest BCUT2D eigenvalue weighted by atomic mass is 10.0. The maximum Gasteiger partial charge on any atom is 0.321 e. The Morgan fingerprint density at radius 1 is 1.26 bits per heavy atom. The summed E-state index contributed by atoms with van der Waals surface area (Å²) < 4.78 is 0. The van der Waals surface area contributed by atoms with Crippen molar-refractivity contribution < 1.29 is 14.7 Å². The van der Waals surface area contributed by atoms with Gasteiger partial charge in [-0.2, -0.15) is 0 Å². The number of nitrogens with one attached hydrogen (secondary N) is 1. The van der Waals surface area contributed by atoms with Crippen LogP contribution in [-0.2, 0) is 16.1 Å². The van der Waals surface area contributed by atoms with Crippen LogP contribution in [0.4, 0.5) is 0 Å². The smallest absolute Gasteiger partial charge is 0.321 e. The zero-order valence-corrected chi connectivity index (χ0v) is 11.2. The van der Waals surface area contributed by atoms with E-state index in [-0.39, 0.29) is 12.3 Å². The number of carbonyl (C=O) groups excluding carboxylic acids is 1. The van der Waals surface area contributed by atoms with Crippen LogP contribution in [0.15, 0.2) is 24.3 Å². The Morgan fingerprint density at radius 3 is 2.32 bits per heavy atom. The number of hydrogen-bond acceptors (Lipinski definition) is 3. The molecule has 0 spiro atoms. The molecule has 19 heavy (non-hydrogen) atoms. The van der Waals surface area contributed by atoms with Gasteiger partial charge in [0.1, 0.15) is 6.04 Å². The van der Waals surface area contributed by atoms with Crippen molar-refractivity contribution in [2.45, 2.75) is 38.8 Å². The van der Waals surface area contributed by atoms with Crippen LogP contribution >= 0.6 is 0 Å². The molecular formula is C14H20N2O3. The first-order chi connectivity index (χ1) is 8.90. The van der Waals surface area contributed by atoms with E-state index < -0.39 is 12.0 Å². The number of carboxylic acid groups (broad SMARTS) is 1. The van der Waals surface area contributed by atoms with Crippen molar-refractivity contribution in [2.24, 2.45) is 5.73 Å². The van der Waals surface area contributed by atoms with E-state index in [1.807, 2.05) is 24.3 Å². The Labute approximate surface area is 112 Å². The summed E-state index contributed by atoms with van der Waals surface area (Å²) in [6, 6.07) is 6.80. The van der Waals surface area contributed by atoms with Crippen LogP contribution in [0.3, 0.4) is 0 Å². The minimum absolute atomic E-state index is 0.209. The van der Waals surface area contributed by atoms with Gasteiger partial charge in [0.2, 0.25) is 5.91 Å². The summed E-state index contributed by atoms with van der Waals surface area (Å²) in [5.74, 6) is -1.06. The summed E-state index contributed by atoms with van der Waals surface area (Å²) in [6.07, 6.45) is -0.209. The normalized spacial score (nSPS) is 12.2. The van der Waals surface area contributed by atoms with Crippen molar-refractivity contribution in [1.82, 2.24) is 5.32 Å². The highest BCUT2D eigenvalue weighted by molar-refractivity contribution is 5.84. The average Bonchev–Trinajstić information content (AvgIpc) is 2.36. The number of amides is 1.